The van der Waals surface area contributed by atoms with Crippen molar-refractivity contribution >= 4 is 23.2 Å². The van der Waals surface area contributed by atoms with E-state index in [2.05, 4.69) is 11.9 Å². The lowest BCUT2D eigenvalue weighted by atomic mass is 10.3. The minimum absolute atomic E-state index is 0.519. The normalized spacial score (nSPS) is 9.31. The molecule has 1 aromatic carbocycles. The summed E-state index contributed by atoms with van der Waals surface area (Å²) >= 11 is 5.63. The van der Waals surface area contributed by atoms with Crippen LogP contribution in [0.3, 0.4) is 0 Å². The first-order chi connectivity index (χ1) is 6.09. The summed E-state index contributed by atoms with van der Waals surface area (Å²) in [5, 5.41) is 11.7. The van der Waals surface area contributed by atoms with E-state index in [1.807, 2.05) is 0 Å². The first kappa shape index (κ1) is 9.61. The first-order valence-electron chi connectivity index (χ1n) is 3.54. The third-order valence-electron chi connectivity index (χ3n) is 1.36. The number of nitrogens with one attached hydrogen (secondary N) is 1. The van der Waals surface area contributed by atoms with Crippen molar-refractivity contribution in [3.8, 4) is 0 Å². The molecule has 0 bridgehead atoms. The molecule has 0 unspecified atom stereocenters. The summed E-state index contributed by atoms with van der Waals surface area (Å²) in [5.41, 5.74) is 0.560. The maximum absolute atomic E-state index is 10.9. The molecule has 0 spiro atoms. The Morgan fingerprint density at radius 2 is 1.92 bits per heavy atom. The molecule has 0 aliphatic carbocycles. The fourth-order valence-corrected chi connectivity index (χ4v) is 0.862. The third-order valence-corrected chi connectivity index (χ3v) is 1.62. The molecule has 4 heteroatoms. The molecule has 0 aliphatic rings. The van der Waals surface area contributed by atoms with Crippen LogP contribution in [0.15, 0.2) is 36.6 Å². The van der Waals surface area contributed by atoms with Gasteiger partial charge in [-0.15, -0.1) is 0 Å². The van der Waals surface area contributed by atoms with E-state index in [0.29, 0.717) is 10.7 Å². The van der Waals surface area contributed by atoms with E-state index in [1.54, 1.807) is 24.3 Å². The van der Waals surface area contributed by atoms with E-state index in [1.165, 1.54) is 0 Å². The number of benzene rings is 1. The van der Waals surface area contributed by atoms with E-state index >= 15 is 0 Å². The van der Waals surface area contributed by atoms with Gasteiger partial charge in [0.1, 0.15) is 0 Å². The Bertz CT molecular complexity index is 332. The number of aliphatic hydroxyl groups is 1. The van der Waals surface area contributed by atoms with Gasteiger partial charge in [-0.3, -0.25) is 4.79 Å². The molecule has 2 N–H and O–H groups in total. The van der Waals surface area contributed by atoms with Crippen LogP contribution in [0.2, 0.25) is 5.02 Å². The molecule has 0 aromatic heterocycles. The molecular weight excluding hydrogens is 190 g/mol. The van der Waals surface area contributed by atoms with E-state index < -0.39 is 11.7 Å². The van der Waals surface area contributed by atoms with Crippen LogP contribution >= 0.6 is 11.6 Å². The van der Waals surface area contributed by atoms with E-state index in [9.17, 15) is 4.79 Å². The number of carbonyl (C=O) groups excluding carboxylic acids is 1. The number of hydrogen-bond donors (Lipinski definition) is 2. The summed E-state index contributed by atoms with van der Waals surface area (Å²) in [6.45, 7) is 3.09. The van der Waals surface area contributed by atoms with E-state index in [-0.39, 0.29) is 0 Å². The quantitative estimate of drug-likeness (QED) is 0.565. The summed E-state index contributed by atoms with van der Waals surface area (Å²) in [6.07, 6.45) is 0. The molecule has 13 heavy (non-hydrogen) atoms. The molecule has 1 amide bonds. The highest BCUT2D eigenvalue weighted by molar-refractivity contribution is 6.30. The second-order valence-electron chi connectivity index (χ2n) is 2.41. The predicted octanol–water partition coefficient (Wildman–Crippen LogP) is 2.35. The van der Waals surface area contributed by atoms with Crippen LogP contribution in [-0.2, 0) is 4.79 Å². The average molecular weight is 198 g/mol. The third kappa shape index (κ3) is 2.80. The lowest BCUT2D eigenvalue weighted by molar-refractivity contribution is -0.115. The Kier molecular flexibility index (Phi) is 2.93. The van der Waals surface area contributed by atoms with Gasteiger partial charge in [0.15, 0.2) is 5.76 Å². The average Bonchev–Trinajstić information content (AvgIpc) is 2.08. The zero-order valence-electron chi connectivity index (χ0n) is 6.75. The second-order valence-corrected chi connectivity index (χ2v) is 2.84. The lowest BCUT2D eigenvalue weighted by Crippen LogP contribution is -2.12. The SMILES string of the molecule is C=C(O)C(=O)Nc1ccc(Cl)cc1. The standard InChI is InChI=1S/C9H8ClNO2/c1-6(12)9(13)11-8-4-2-7(10)3-5-8/h2-5,12H,1H2,(H,11,13). The Morgan fingerprint density at radius 1 is 1.38 bits per heavy atom. The van der Waals surface area contributed by atoms with E-state index in [4.69, 9.17) is 16.7 Å². The fraction of sp³-hybridized carbons (Fsp3) is 0. The van der Waals surface area contributed by atoms with Crippen LogP contribution in [0.5, 0.6) is 0 Å². The van der Waals surface area contributed by atoms with Crippen molar-refractivity contribution < 1.29 is 9.90 Å². The Labute approximate surface area is 80.6 Å². The van der Waals surface area contributed by atoms with Crippen LogP contribution in [0.4, 0.5) is 5.69 Å². The number of amides is 1. The summed E-state index contributed by atoms with van der Waals surface area (Å²) < 4.78 is 0. The molecule has 3 nitrogen and oxygen atoms in total. The summed E-state index contributed by atoms with van der Waals surface area (Å²) in [4.78, 5) is 10.9. The minimum Gasteiger partial charge on any atom is -0.503 e. The van der Waals surface area contributed by atoms with Gasteiger partial charge in [0.2, 0.25) is 0 Å². The maximum Gasteiger partial charge on any atom is 0.289 e. The minimum atomic E-state index is -0.623. The van der Waals surface area contributed by atoms with Crippen molar-refractivity contribution in [2.45, 2.75) is 0 Å². The van der Waals surface area contributed by atoms with Crippen LogP contribution < -0.4 is 5.32 Å². The number of aliphatic hydroxyl groups excluding tert-OH is 1. The highest BCUT2D eigenvalue weighted by atomic mass is 35.5. The topological polar surface area (TPSA) is 49.3 Å². The van der Waals surface area contributed by atoms with Crippen molar-refractivity contribution in [1.29, 1.82) is 0 Å². The largest absolute Gasteiger partial charge is 0.503 e. The number of carbonyl (C=O) groups is 1. The van der Waals surface area contributed by atoms with Crippen LogP contribution in [0.1, 0.15) is 0 Å². The van der Waals surface area contributed by atoms with Gasteiger partial charge in [0, 0.05) is 10.7 Å². The van der Waals surface area contributed by atoms with Crippen LogP contribution in [-0.4, -0.2) is 11.0 Å². The highest BCUT2D eigenvalue weighted by Crippen LogP contribution is 2.13. The molecule has 1 rings (SSSR count). The molecule has 0 fully saturated rings. The van der Waals surface area contributed by atoms with Crippen molar-refractivity contribution in [1.82, 2.24) is 0 Å². The number of rotatable bonds is 2. The molecule has 68 valence electrons. The van der Waals surface area contributed by atoms with Crippen molar-refractivity contribution in [3.63, 3.8) is 0 Å². The molecule has 0 heterocycles. The maximum atomic E-state index is 10.9. The summed E-state index contributed by atoms with van der Waals surface area (Å²) in [7, 11) is 0. The molecule has 0 aliphatic heterocycles. The zero-order chi connectivity index (χ0) is 9.84. The Morgan fingerprint density at radius 3 is 2.38 bits per heavy atom. The van der Waals surface area contributed by atoms with Crippen LogP contribution in [0.25, 0.3) is 0 Å². The smallest absolute Gasteiger partial charge is 0.289 e. The second kappa shape index (κ2) is 3.96. The number of anilines is 1. The Balaban J connectivity index is 2.70. The van der Waals surface area contributed by atoms with E-state index in [0.717, 1.165) is 0 Å². The molecule has 1 aromatic rings. The highest BCUT2D eigenvalue weighted by Gasteiger charge is 2.03. The van der Waals surface area contributed by atoms with Gasteiger partial charge in [-0.1, -0.05) is 18.2 Å². The van der Waals surface area contributed by atoms with Crippen molar-refractivity contribution in [2.75, 3.05) is 5.32 Å². The summed E-state index contributed by atoms with van der Waals surface area (Å²) in [6, 6.07) is 6.53. The molecular formula is C9H8ClNO2. The van der Waals surface area contributed by atoms with Crippen molar-refractivity contribution in [2.24, 2.45) is 0 Å². The van der Waals surface area contributed by atoms with Gasteiger partial charge in [0.05, 0.1) is 0 Å². The van der Waals surface area contributed by atoms with Crippen LogP contribution in [0, 0.1) is 0 Å². The number of hydrogen-bond acceptors (Lipinski definition) is 2. The molecule has 0 saturated heterocycles. The van der Waals surface area contributed by atoms with Gasteiger partial charge >= 0.3 is 0 Å². The first-order valence-corrected chi connectivity index (χ1v) is 3.92. The fourth-order valence-electron chi connectivity index (χ4n) is 0.736. The molecule has 0 atom stereocenters. The number of halogens is 1. The van der Waals surface area contributed by atoms with Gasteiger partial charge in [-0.2, -0.15) is 0 Å². The molecule has 0 radical (unpaired) electrons. The lowest BCUT2D eigenvalue weighted by Gasteiger charge is -2.02. The van der Waals surface area contributed by atoms with Gasteiger partial charge in [0.25, 0.3) is 5.91 Å². The molecule has 0 saturated carbocycles. The summed E-state index contributed by atoms with van der Waals surface area (Å²) in [5.74, 6) is -1.14. The zero-order valence-corrected chi connectivity index (χ0v) is 7.51. The van der Waals surface area contributed by atoms with Crippen molar-refractivity contribution in [3.05, 3.63) is 41.6 Å². The van der Waals surface area contributed by atoms with Gasteiger partial charge in [-0.05, 0) is 24.3 Å². The van der Waals surface area contributed by atoms with Gasteiger partial charge < -0.3 is 10.4 Å². The monoisotopic (exact) mass is 197 g/mol. The predicted molar refractivity (Wildman–Crippen MR) is 51.9 cm³/mol. The Hall–Kier alpha value is -1.48. The van der Waals surface area contributed by atoms with Gasteiger partial charge in [-0.25, -0.2) is 0 Å².